The maximum absolute atomic E-state index is 5.33. The highest BCUT2D eigenvalue weighted by atomic mass is 32.1. The van der Waals surface area contributed by atoms with E-state index in [4.69, 9.17) is 17.0 Å². The fourth-order valence-corrected chi connectivity index (χ4v) is 1.46. The quantitative estimate of drug-likeness (QED) is 0.613. The van der Waals surface area contributed by atoms with Gasteiger partial charge in [0.05, 0.1) is 0 Å². The topological polar surface area (TPSA) is 21.3 Å². The lowest BCUT2D eigenvalue weighted by molar-refractivity contribution is 0.496. The molecule has 1 heterocycles. The molecular formula is C9H9NOS. The van der Waals surface area contributed by atoms with E-state index in [9.17, 15) is 0 Å². The Morgan fingerprint density at radius 2 is 2.33 bits per heavy atom. The van der Waals surface area contributed by atoms with Gasteiger partial charge >= 0.3 is 0 Å². The van der Waals surface area contributed by atoms with Crippen molar-refractivity contribution in [1.82, 2.24) is 5.32 Å². The molecule has 1 aromatic rings. The molecule has 2 nitrogen and oxygen atoms in total. The van der Waals surface area contributed by atoms with Crippen LogP contribution in [0.25, 0.3) is 0 Å². The maximum atomic E-state index is 5.33. The largest absolute Gasteiger partial charge is 0.432 e. The standard InChI is InChI=1S/C9H9NOS/c1-6-3-2-4-8-7(6)5-10-9(12)11-8/h2-4H,5H2,1H3,(H,10,12). The van der Waals surface area contributed by atoms with Crippen molar-refractivity contribution >= 4 is 17.4 Å². The Morgan fingerprint density at radius 1 is 1.50 bits per heavy atom. The fraction of sp³-hybridized carbons (Fsp3) is 0.222. The Labute approximate surface area is 76.5 Å². The second kappa shape index (κ2) is 2.75. The average Bonchev–Trinajstić information content (AvgIpc) is 2.04. The number of rotatable bonds is 0. The molecule has 0 aromatic heterocycles. The van der Waals surface area contributed by atoms with Gasteiger partial charge in [-0.2, -0.15) is 0 Å². The zero-order valence-corrected chi connectivity index (χ0v) is 7.57. The smallest absolute Gasteiger partial charge is 0.262 e. The van der Waals surface area contributed by atoms with Gasteiger partial charge in [-0.15, -0.1) is 0 Å². The van der Waals surface area contributed by atoms with Crippen molar-refractivity contribution in [3.05, 3.63) is 29.3 Å². The van der Waals surface area contributed by atoms with Gasteiger partial charge in [0, 0.05) is 12.1 Å². The van der Waals surface area contributed by atoms with Gasteiger partial charge in [0.1, 0.15) is 5.75 Å². The van der Waals surface area contributed by atoms with Gasteiger partial charge in [-0.05, 0) is 30.8 Å². The summed E-state index contributed by atoms with van der Waals surface area (Å²) in [6, 6.07) is 5.98. The summed E-state index contributed by atoms with van der Waals surface area (Å²) in [5.41, 5.74) is 2.44. The molecular weight excluding hydrogens is 170 g/mol. The highest BCUT2D eigenvalue weighted by Gasteiger charge is 2.14. The summed E-state index contributed by atoms with van der Waals surface area (Å²) in [5.74, 6) is 0.888. The van der Waals surface area contributed by atoms with E-state index >= 15 is 0 Å². The molecule has 1 aliphatic rings. The summed E-state index contributed by atoms with van der Waals surface area (Å²) in [6.07, 6.45) is 0. The molecule has 0 aliphatic carbocycles. The number of nitrogens with one attached hydrogen (secondary N) is 1. The molecule has 1 N–H and O–H groups in total. The van der Waals surface area contributed by atoms with E-state index in [1.807, 2.05) is 12.1 Å². The van der Waals surface area contributed by atoms with E-state index in [-0.39, 0.29) is 0 Å². The van der Waals surface area contributed by atoms with E-state index in [0.717, 1.165) is 12.3 Å². The molecule has 3 heteroatoms. The molecule has 0 amide bonds. The summed E-state index contributed by atoms with van der Waals surface area (Å²) in [4.78, 5) is 0. The first kappa shape index (κ1) is 7.55. The number of fused-ring (bicyclic) bond motifs is 1. The number of aryl methyl sites for hydroxylation is 1. The third-order valence-corrected chi connectivity index (χ3v) is 2.21. The molecule has 1 aromatic carbocycles. The van der Waals surface area contributed by atoms with Gasteiger partial charge in [0.2, 0.25) is 0 Å². The first-order chi connectivity index (χ1) is 5.77. The van der Waals surface area contributed by atoms with Gasteiger partial charge in [-0.25, -0.2) is 0 Å². The van der Waals surface area contributed by atoms with Crippen molar-refractivity contribution in [2.24, 2.45) is 0 Å². The lowest BCUT2D eigenvalue weighted by Crippen LogP contribution is -2.31. The third kappa shape index (κ3) is 1.16. The highest BCUT2D eigenvalue weighted by Crippen LogP contribution is 2.24. The Hall–Kier alpha value is -1.09. The number of hydrogen-bond donors (Lipinski definition) is 1. The second-order valence-electron chi connectivity index (χ2n) is 2.79. The molecule has 0 atom stereocenters. The van der Waals surface area contributed by atoms with Crippen molar-refractivity contribution in [1.29, 1.82) is 0 Å². The van der Waals surface area contributed by atoms with Crippen LogP contribution in [0.3, 0.4) is 0 Å². The van der Waals surface area contributed by atoms with Crippen molar-refractivity contribution in [3.8, 4) is 5.75 Å². The summed E-state index contributed by atoms with van der Waals surface area (Å²) < 4.78 is 5.33. The Morgan fingerprint density at radius 3 is 3.17 bits per heavy atom. The summed E-state index contributed by atoms with van der Waals surface area (Å²) in [7, 11) is 0. The SMILES string of the molecule is Cc1cccc2c1CNC(=S)O2. The number of thiocarbonyl (C=S) groups is 1. The molecule has 0 bridgehead atoms. The van der Waals surface area contributed by atoms with Crippen molar-refractivity contribution < 1.29 is 4.74 Å². The molecule has 12 heavy (non-hydrogen) atoms. The molecule has 2 rings (SSSR count). The summed E-state index contributed by atoms with van der Waals surface area (Å²) in [6.45, 7) is 2.85. The van der Waals surface area contributed by atoms with Crippen LogP contribution in [0.4, 0.5) is 0 Å². The Bertz CT molecular complexity index is 335. The Kier molecular flexibility index (Phi) is 1.73. The molecule has 0 unspecified atom stereocenters. The maximum Gasteiger partial charge on any atom is 0.262 e. The minimum absolute atomic E-state index is 0.466. The van der Waals surface area contributed by atoms with Crippen LogP contribution in [0.5, 0.6) is 5.75 Å². The normalized spacial score (nSPS) is 14.6. The van der Waals surface area contributed by atoms with Crippen LogP contribution in [-0.2, 0) is 6.54 Å². The zero-order valence-electron chi connectivity index (χ0n) is 6.76. The van der Waals surface area contributed by atoms with Crippen molar-refractivity contribution in [2.45, 2.75) is 13.5 Å². The highest BCUT2D eigenvalue weighted by molar-refractivity contribution is 7.80. The number of hydrogen-bond acceptors (Lipinski definition) is 2. The monoisotopic (exact) mass is 179 g/mol. The fourth-order valence-electron chi connectivity index (χ4n) is 1.29. The molecule has 0 saturated carbocycles. The van der Waals surface area contributed by atoms with Crippen LogP contribution in [-0.4, -0.2) is 5.17 Å². The predicted molar refractivity (Wildman–Crippen MR) is 51.2 cm³/mol. The summed E-state index contributed by atoms with van der Waals surface area (Å²) >= 11 is 4.89. The molecule has 0 saturated heterocycles. The van der Waals surface area contributed by atoms with Gasteiger partial charge in [-0.1, -0.05) is 12.1 Å². The molecule has 0 radical (unpaired) electrons. The van der Waals surface area contributed by atoms with E-state index in [1.54, 1.807) is 0 Å². The van der Waals surface area contributed by atoms with Gasteiger partial charge < -0.3 is 10.1 Å². The minimum Gasteiger partial charge on any atom is -0.432 e. The molecule has 62 valence electrons. The average molecular weight is 179 g/mol. The van der Waals surface area contributed by atoms with Gasteiger partial charge in [-0.3, -0.25) is 0 Å². The van der Waals surface area contributed by atoms with Crippen LogP contribution in [0.2, 0.25) is 0 Å². The second-order valence-corrected chi connectivity index (χ2v) is 3.17. The Balaban J connectivity index is 2.48. The van der Waals surface area contributed by atoms with Crippen LogP contribution >= 0.6 is 12.2 Å². The number of ether oxygens (including phenoxy) is 1. The minimum atomic E-state index is 0.466. The molecule has 0 spiro atoms. The first-order valence-corrected chi connectivity index (χ1v) is 4.22. The lowest BCUT2D eigenvalue weighted by Gasteiger charge is -2.20. The number of benzene rings is 1. The van der Waals surface area contributed by atoms with E-state index < -0.39 is 0 Å². The van der Waals surface area contributed by atoms with Crippen LogP contribution in [0.15, 0.2) is 18.2 Å². The van der Waals surface area contributed by atoms with Crippen LogP contribution < -0.4 is 10.1 Å². The van der Waals surface area contributed by atoms with E-state index in [0.29, 0.717) is 5.17 Å². The zero-order chi connectivity index (χ0) is 8.55. The van der Waals surface area contributed by atoms with Crippen molar-refractivity contribution in [2.75, 3.05) is 0 Å². The van der Waals surface area contributed by atoms with Gasteiger partial charge in [0.25, 0.3) is 5.17 Å². The third-order valence-electron chi connectivity index (χ3n) is 1.98. The first-order valence-electron chi connectivity index (χ1n) is 3.81. The van der Waals surface area contributed by atoms with Gasteiger partial charge in [0.15, 0.2) is 0 Å². The molecule has 0 fully saturated rings. The van der Waals surface area contributed by atoms with Crippen LogP contribution in [0, 0.1) is 6.92 Å². The van der Waals surface area contributed by atoms with E-state index in [2.05, 4.69) is 18.3 Å². The lowest BCUT2D eigenvalue weighted by atomic mass is 10.1. The predicted octanol–water partition coefficient (Wildman–Crippen LogP) is 1.76. The van der Waals surface area contributed by atoms with Crippen LogP contribution in [0.1, 0.15) is 11.1 Å². The van der Waals surface area contributed by atoms with E-state index in [1.165, 1.54) is 11.1 Å². The molecule has 1 aliphatic heterocycles. The van der Waals surface area contributed by atoms with Crippen molar-refractivity contribution in [3.63, 3.8) is 0 Å². The summed E-state index contributed by atoms with van der Waals surface area (Å²) in [5, 5.41) is 3.45.